The highest BCUT2D eigenvalue weighted by molar-refractivity contribution is 6.31. The zero-order valence-electron chi connectivity index (χ0n) is 18.8. The number of nitrogens with zero attached hydrogens (tertiary/aromatic N) is 1. The molecule has 0 aliphatic carbocycles. The van der Waals surface area contributed by atoms with Crippen molar-refractivity contribution in [2.24, 2.45) is 5.92 Å². The number of carbonyl (C=O) groups is 2. The van der Waals surface area contributed by atoms with E-state index in [2.05, 4.69) is 21.6 Å². The highest BCUT2D eigenvalue weighted by Crippen LogP contribution is 2.22. The van der Waals surface area contributed by atoms with Crippen LogP contribution in [-0.4, -0.2) is 29.8 Å². The van der Waals surface area contributed by atoms with Crippen LogP contribution in [0.2, 0.25) is 10.0 Å². The van der Waals surface area contributed by atoms with Crippen molar-refractivity contribution >= 4 is 40.7 Å². The van der Waals surface area contributed by atoms with Crippen LogP contribution in [0.3, 0.4) is 0 Å². The molecule has 0 bridgehead atoms. The molecule has 1 aliphatic rings. The highest BCUT2D eigenvalue weighted by atomic mass is 35.5. The van der Waals surface area contributed by atoms with Crippen molar-refractivity contribution in [1.82, 2.24) is 10.2 Å². The molecular weight excluding hydrogens is 469 g/mol. The molecule has 7 heteroatoms. The Hall–Kier alpha value is -2.86. The lowest BCUT2D eigenvalue weighted by molar-refractivity contribution is -0.126. The van der Waals surface area contributed by atoms with Gasteiger partial charge in [0, 0.05) is 40.3 Å². The van der Waals surface area contributed by atoms with Crippen molar-refractivity contribution < 1.29 is 9.59 Å². The Balaban J connectivity index is 1.25. The lowest BCUT2D eigenvalue weighted by Crippen LogP contribution is -2.40. The number of likely N-dealkylation sites (tertiary alicyclic amines) is 1. The van der Waals surface area contributed by atoms with Gasteiger partial charge in [0.15, 0.2) is 0 Å². The van der Waals surface area contributed by atoms with Gasteiger partial charge in [-0.3, -0.25) is 14.5 Å². The van der Waals surface area contributed by atoms with Crippen molar-refractivity contribution in [3.63, 3.8) is 0 Å². The fourth-order valence-corrected chi connectivity index (χ4v) is 4.46. The summed E-state index contributed by atoms with van der Waals surface area (Å²) in [6.45, 7) is 2.93. The van der Waals surface area contributed by atoms with E-state index in [1.165, 1.54) is 0 Å². The molecule has 2 amide bonds. The molecule has 176 valence electrons. The minimum atomic E-state index is -0.169. The first-order valence-corrected chi connectivity index (χ1v) is 12.1. The third-order valence-electron chi connectivity index (χ3n) is 6.07. The molecular formula is C27H27Cl2N3O2. The van der Waals surface area contributed by atoms with Gasteiger partial charge in [0.25, 0.3) is 5.91 Å². The number of benzene rings is 3. The molecule has 0 aromatic heterocycles. The van der Waals surface area contributed by atoms with Gasteiger partial charge in [-0.2, -0.15) is 0 Å². The summed E-state index contributed by atoms with van der Waals surface area (Å²) in [6.07, 6.45) is 1.64. The Morgan fingerprint density at radius 2 is 1.65 bits per heavy atom. The Morgan fingerprint density at radius 3 is 2.38 bits per heavy atom. The standard InChI is InChI=1S/C27H27Cl2N3O2/c28-23-10-8-20(9-11-23)27(34)31-24-6-3-4-19(16-24)18-32-14-12-21(13-15-32)26(33)30-17-22-5-1-2-7-25(22)29/h1-11,16,21H,12-15,17-18H2,(H,30,33)(H,31,34). The fraction of sp³-hybridized carbons (Fsp3) is 0.259. The maximum absolute atomic E-state index is 12.6. The predicted octanol–water partition coefficient (Wildman–Crippen LogP) is 5.77. The summed E-state index contributed by atoms with van der Waals surface area (Å²) in [5, 5.41) is 7.24. The van der Waals surface area contributed by atoms with Gasteiger partial charge >= 0.3 is 0 Å². The SMILES string of the molecule is O=C(Nc1cccc(CN2CCC(C(=O)NCc3ccccc3Cl)CC2)c1)c1ccc(Cl)cc1. The Morgan fingerprint density at radius 1 is 0.912 bits per heavy atom. The molecule has 3 aromatic carbocycles. The number of anilines is 1. The second-order valence-electron chi connectivity index (χ2n) is 8.52. The first kappa shape index (κ1) is 24.3. The summed E-state index contributed by atoms with van der Waals surface area (Å²) < 4.78 is 0. The molecule has 0 spiro atoms. The summed E-state index contributed by atoms with van der Waals surface area (Å²) in [4.78, 5) is 27.4. The maximum atomic E-state index is 12.6. The third kappa shape index (κ3) is 6.60. The van der Waals surface area contributed by atoms with Gasteiger partial charge in [-0.05, 0) is 79.5 Å². The molecule has 4 rings (SSSR count). The number of hydrogen-bond acceptors (Lipinski definition) is 3. The minimum Gasteiger partial charge on any atom is -0.352 e. The van der Waals surface area contributed by atoms with E-state index in [9.17, 15) is 9.59 Å². The number of piperidine rings is 1. The molecule has 5 nitrogen and oxygen atoms in total. The number of hydrogen-bond donors (Lipinski definition) is 2. The van der Waals surface area contributed by atoms with Gasteiger partial charge in [0.2, 0.25) is 5.91 Å². The number of carbonyl (C=O) groups excluding carboxylic acids is 2. The highest BCUT2D eigenvalue weighted by Gasteiger charge is 2.25. The van der Waals surface area contributed by atoms with Gasteiger partial charge in [0.1, 0.15) is 0 Å². The van der Waals surface area contributed by atoms with Gasteiger partial charge in [-0.1, -0.05) is 53.5 Å². The van der Waals surface area contributed by atoms with Crippen LogP contribution in [0.25, 0.3) is 0 Å². The van der Waals surface area contributed by atoms with Crippen LogP contribution in [0, 0.1) is 5.92 Å². The van der Waals surface area contributed by atoms with Gasteiger partial charge in [-0.25, -0.2) is 0 Å². The van der Waals surface area contributed by atoms with E-state index in [1.54, 1.807) is 24.3 Å². The normalized spacial score (nSPS) is 14.5. The van der Waals surface area contributed by atoms with Gasteiger partial charge in [0.05, 0.1) is 0 Å². The second kappa shape index (κ2) is 11.5. The zero-order valence-corrected chi connectivity index (χ0v) is 20.3. The van der Waals surface area contributed by atoms with Crippen LogP contribution in [-0.2, 0) is 17.9 Å². The summed E-state index contributed by atoms with van der Waals surface area (Å²) in [7, 11) is 0. The van der Waals surface area contributed by atoms with Crippen LogP contribution < -0.4 is 10.6 Å². The number of amides is 2. The van der Waals surface area contributed by atoms with E-state index >= 15 is 0 Å². The Bertz CT molecular complexity index is 1140. The number of halogens is 2. The van der Waals surface area contributed by atoms with Crippen LogP contribution in [0.5, 0.6) is 0 Å². The number of rotatable bonds is 7. The summed E-state index contributed by atoms with van der Waals surface area (Å²) >= 11 is 12.1. The summed E-state index contributed by atoms with van der Waals surface area (Å²) in [5.41, 5.74) is 3.37. The van der Waals surface area contributed by atoms with Crippen LogP contribution in [0.1, 0.15) is 34.3 Å². The molecule has 3 aromatic rings. The molecule has 0 unspecified atom stereocenters. The Labute approximate surface area is 210 Å². The molecule has 0 atom stereocenters. The van der Waals surface area contributed by atoms with E-state index in [-0.39, 0.29) is 17.7 Å². The lowest BCUT2D eigenvalue weighted by Gasteiger charge is -2.31. The molecule has 34 heavy (non-hydrogen) atoms. The van der Waals surface area contributed by atoms with Crippen molar-refractivity contribution in [3.05, 3.63) is 99.5 Å². The van der Waals surface area contributed by atoms with E-state index in [0.717, 1.165) is 49.3 Å². The summed E-state index contributed by atoms with van der Waals surface area (Å²) in [5.74, 6) is -0.0624. The zero-order chi connectivity index (χ0) is 23.9. The molecule has 1 aliphatic heterocycles. The fourth-order valence-electron chi connectivity index (χ4n) is 4.13. The molecule has 1 heterocycles. The average molecular weight is 496 g/mol. The van der Waals surface area contributed by atoms with E-state index in [1.807, 2.05) is 42.5 Å². The van der Waals surface area contributed by atoms with Crippen LogP contribution >= 0.6 is 23.2 Å². The third-order valence-corrected chi connectivity index (χ3v) is 6.69. The maximum Gasteiger partial charge on any atom is 0.255 e. The Kier molecular flexibility index (Phi) is 8.22. The molecule has 0 saturated carbocycles. The number of nitrogens with one attached hydrogen (secondary N) is 2. The van der Waals surface area contributed by atoms with Crippen LogP contribution in [0.4, 0.5) is 5.69 Å². The predicted molar refractivity (Wildman–Crippen MR) is 137 cm³/mol. The van der Waals surface area contributed by atoms with Gasteiger partial charge < -0.3 is 10.6 Å². The minimum absolute atomic E-state index is 0.0173. The smallest absolute Gasteiger partial charge is 0.255 e. The first-order chi connectivity index (χ1) is 16.5. The second-order valence-corrected chi connectivity index (χ2v) is 9.36. The molecule has 2 N–H and O–H groups in total. The lowest BCUT2D eigenvalue weighted by atomic mass is 9.95. The van der Waals surface area contributed by atoms with E-state index < -0.39 is 0 Å². The average Bonchev–Trinajstić information content (AvgIpc) is 2.84. The van der Waals surface area contributed by atoms with E-state index in [0.29, 0.717) is 22.2 Å². The van der Waals surface area contributed by atoms with Crippen molar-refractivity contribution in [2.45, 2.75) is 25.9 Å². The first-order valence-electron chi connectivity index (χ1n) is 11.4. The largest absolute Gasteiger partial charge is 0.352 e. The molecule has 1 fully saturated rings. The van der Waals surface area contributed by atoms with E-state index in [4.69, 9.17) is 23.2 Å². The monoisotopic (exact) mass is 495 g/mol. The topological polar surface area (TPSA) is 61.4 Å². The van der Waals surface area contributed by atoms with Crippen molar-refractivity contribution in [2.75, 3.05) is 18.4 Å². The van der Waals surface area contributed by atoms with Gasteiger partial charge in [-0.15, -0.1) is 0 Å². The quantitative estimate of drug-likeness (QED) is 0.436. The molecule has 0 radical (unpaired) electrons. The van der Waals surface area contributed by atoms with Crippen molar-refractivity contribution in [1.29, 1.82) is 0 Å². The van der Waals surface area contributed by atoms with Crippen LogP contribution in [0.15, 0.2) is 72.8 Å². The van der Waals surface area contributed by atoms with Crippen molar-refractivity contribution in [3.8, 4) is 0 Å². The molecule has 1 saturated heterocycles. The summed E-state index contributed by atoms with van der Waals surface area (Å²) in [6, 6.07) is 22.3.